The summed E-state index contributed by atoms with van der Waals surface area (Å²) in [6.45, 7) is 8.99. The summed E-state index contributed by atoms with van der Waals surface area (Å²) in [5.41, 5.74) is 1.99. The Bertz CT molecular complexity index is 2140. The van der Waals surface area contributed by atoms with Gasteiger partial charge in [0.15, 0.2) is 0 Å². The largest absolute Gasteiger partial charge is 0.572 e. The number of hydrogen-bond acceptors (Lipinski definition) is 6. The second-order valence-electron chi connectivity index (χ2n) is 12.3. The van der Waals surface area contributed by atoms with E-state index in [1.165, 1.54) is 6.20 Å². The number of halogens is 8. The van der Waals surface area contributed by atoms with Crippen molar-refractivity contribution in [3.63, 3.8) is 0 Å². The van der Waals surface area contributed by atoms with Gasteiger partial charge in [-0.1, -0.05) is 40.6 Å². The molecule has 7 rings (SSSR count). The summed E-state index contributed by atoms with van der Waals surface area (Å²) in [7, 11) is 3.61. The summed E-state index contributed by atoms with van der Waals surface area (Å²) in [6.07, 6.45) is -0.736. The van der Waals surface area contributed by atoms with Gasteiger partial charge in [-0.25, -0.2) is 0 Å². The Labute approximate surface area is 319 Å². The molecule has 1 radical (unpaired) electrons. The van der Waals surface area contributed by atoms with Gasteiger partial charge in [-0.05, 0) is 83.1 Å². The van der Waals surface area contributed by atoms with Gasteiger partial charge >= 0.3 is 12.4 Å². The molecule has 0 N–H and O–H groups in total. The van der Waals surface area contributed by atoms with Crippen LogP contribution in [0.4, 0.5) is 46.5 Å². The van der Waals surface area contributed by atoms with Crippen molar-refractivity contribution in [3.8, 4) is 28.5 Å². The summed E-state index contributed by atoms with van der Waals surface area (Å²) < 4.78 is 108. The number of aromatic nitrogens is 4. The van der Waals surface area contributed by atoms with Crippen molar-refractivity contribution in [1.82, 2.24) is 29.5 Å². The van der Waals surface area contributed by atoms with Crippen molar-refractivity contribution < 1.29 is 55.2 Å². The zero-order valence-electron chi connectivity index (χ0n) is 29.0. The van der Waals surface area contributed by atoms with Crippen molar-refractivity contribution >= 4 is 11.4 Å². The van der Waals surface area contributed by atoms with Crippen LogP contribution in [-0.2, 0) is 32.5 Å². The van der Waals surface area contributed by atoms with Crippen molar-refractivity contribution in [2.24, 2.45) is 0 Å². The normalized spacial score (nSPS) is 14.2. The van der Waals surface area contributed by atoms with Crippen LogP contribution in [0.5, 0.6) is 0 Å². The average Bonchev–Trinajstić information content (AvgIpc) is 3.88. The number of rotatable bonds is 5. The van der Waals surface area contributed by atoms with Crippen LogP contribution in [0.15, 0.2) is 73.5 Å². The molecule has 0 fully saturated rings. The van der Waals surface area contributed by atoms with Gasteiger partial charge in [0.1, 0.15) is 11.5 Å². The van der Waals surface area contributed by atoms with Crippen LogP contribution in [0.2, 0.25) is 0 Å². The Kier molecular flexibility index (Phi) is 11.3. The Morgan fingerprint density at radius 1 is 0.759 bits per heavy atom. The predicted molar refractivity (Wildman–Crippen MR) is 181 cm³/mol. The molecule has 0 unspecified atom stereocenters. The van der Waals surface area contributed by atoms with Crippen LogP contribution in [0.1, 0.15) is 27.9 Å². The van der Waals surface area contributed by atoms with Gasteiger partial charge in [-0.2, -0.15) is 39.7 Å². The molecule has 0 saturated carbocycles. The summed E-state index contributed by atoms with van der Waals surface area (Å²) in [5, 5.41) is 6.85. The first-order chi connectivity index (χ1) is 24.9. The molecule has 2 aliphatic heterocycles. The minimum Gasteiger partial charge on any atom is -0.572 e. The first-order valence-electron chi connectivity index (χ1n) is 15.7. The van der Waals surface area contributed by atoms with E-state index in [0.717, 1.165) is 41.0 Å². The van der Waals surface area contributed by atoms with E-state index in [1.807, 2.05) is 32.9 Å². The minimum absolute atomic E-state index is 0. The van der Waals surface area contributed by atoms with Crippen molar-refractivity contribution in [1.29, 1.82) is 0 Å². The molecule has 0 atom stereocenters. The maximum absolute atomic E-state index is 14.4. The molecule has 0 bridgehead atoms. The number of anilines is 2. The molecule has 0 spiro atoms. The quantitative estimate of drug-likeness (QED) is 0.129. The number of imidazole rings is 1. The number of benzene rings is 3. The van der Waals surface area contributed by atoms with E-state index in [4.69, 9.17) is 0 Å². The van der Waals surface area contributed by atoms with E-state index in [1.54, 1.807) is 76.4 Å². The van der Waals surface area contributed by atoms with Gasteiger partial charge in [0.05, 0.1) is 5.69 Å². The molecule has 2 aromatic heterocycles. The third-order valence-corrected chi connectivity index (χ3v) is 8.02. The Hall–Kier alpha value is -5.15. The summed E-state index contributed by atoms with van der Waals surface area (Å²) in [5.74, 6) is -1.65. The molecule has 3 aromatic carbocycles. The third kappa shape index (κ3) is 8.63. The van der Waals surface area contributed by atoms with Gasteiger partial charge in [0.2, 0.25) is 0 Å². The number of hydrogen-bond donors (Lipinski definition) is 0. The molecular formula is C37H29F8IrN8-5. The topological polar surface area (TPSA) is 57.8 Å². The van der Waals surface area contributed by atoms with Gasteiger partial charge < -0.3 is 34.4 Å². The van der Waals surface area contributed by atoms with Crippen LogP contribution >= 0.6 is 0 Å². The van der Waals surface area contributed by atoms with E-state index < -0.39 is 35.2 Å². The Balaban J connectivity index is 0.000000215. The molecule has 4 heterocycles. The van der Waals surface area contributed by atoms with Gasteiger partial charge in [-0.15, -0.1) is 41.7 Å². The van der Waals surface area contributed by atoms with Crippen LogP contribution in [0.25, 0.3) is 28.5 Å². The van der Waals surface area contributed by atoms with Gasteiger partial charge in [-0.3, -0.25) is 13.8 Å². The van der Waals surface area contributed by atoms with E-state index in [-0.39, 0.29) is 42.9 Å². The van der Waals surface area contributed by atoms with Crippen molar-refractivity contribution in [2.75, 3.05) is 23.9 Å². The van der Waals surface area contributed by atoms with E-state index in [9.17, 15) is 35.1 Å². The molecule has 17 heteroatoms. The van der Waals surface area contributed by atoms with Crippen LogP contribution in [0, 0.1) is 57.9 Å². The number of alkyl halides is 6. The molecule has 0 saturated heterocycles. The molecule has 5 aromatic rings. The fourth-order valence-corrected chi connectivity index (χ4v) is 5.76. The fraction of sp³-hybridized carbons (Fsp3) is 0.189. The monoisotopic (exact) mass is 930 g/mol. The third-order valence-electron chi connectivity index (χ3n) is 8.02. The van der Waals surface area contributed by atoms with E-state index >= 15 is 0 Å². The number of nitrogens with zero attached hydrogens (tertiary/aromatic N) is 8. The standard InChI is InChI=1S/C22H15F5N4.C15H14F3N4.Ir/c1-11-6-12(2)20(13(3)7-11)31-10-18(15-5-4-14(23)8-16(15)24)28-21(31)17-9-19(30-29-17)22(25,26)27;1-19-3-5-21(10-19)13-7-12(15(16,17)18)8-14(9-13)22-6-4-20(2)11-22;/h4,6-10H,1-3H3;3-8,10-11H,1-2H3;/q-2;-3;. The summed E-state index contributed by atoms with van der Waals surface area (Å²) in [4.78, 5) is 11.0. The maximum Gasteiger partial charge on any atom is 0.431 e. The van der Waals surface area contributed by atoms with Crippen molar-refractivity contribution in [2.45, 2.75) is 33.1 Å². The van der Waals surface area contributed by atoms with E-state index in [2.05, 4.69) is 27.3 Å². The average molecular weight is 930 g/mol. The SMILES string of the molecule is CN1C=CN(c2[c-]c(N3C=CN(C)[CH-]3)cc(C(F)(F)F)c2)[CH-]1.Cc1cc(C)c(-n2cc(-c3[c-]cc(F)cc3F)nc2-c2cc(C(F)(F)F)n[n-]2)c(C)c1.[Ir]. The number of aryl methyl sites for hydroxylation is 3. The maximum atomic E-state index is 14.4. The second kappa shape index (κ2) is 15.3. The summed E-state index contributed by atoms with van der Waals surface area (Å²) >= 11 is 0. The van der Waals surface area contributed by atoms with E-state index in [0.29, 0.717) is 23.1 Å². The zero-order valence-corrected chi connectivity index (χ0v) is 31.4. The Morgan fingerprint density at radius 3 is 1.80 bits per heavy atom. The smallest absolute Gasteiger partial charge is 0.431 e. The van der Waals surface area contributed by atoms with Crippen LogP contribution < -0.4 is 14.9 Å². The predicted octanol–water partition coefficient (Wildman–Crippen LogP) is 8.77. The molecule has 287 valence electrons. The van der Waals surface area contributed by atoms with Crippen LogP contribution in [-0.4, -0.2) is 38.5 Å². The molecule has 8 nitrogen and oxygen atoms in total. The second-order valence-corrected chi connectivity index (χ2v) is 12.3. The van der Waals surface area contributed by atoms with Gasteiger partial charge in [0, 0.05) is 37.4 Å². The fourth-order valence-electron chi connectivity index (χ4n) is 5.76. The first-order valence-corrected chi connectivity index (χ1v) is 15.7. The molecule has 0 amide bonds. The molecule has 2 aliphatic rings. The zero-order chi connectivity index (χ0) is 38.4. The molecular weight excluding hydrogens is 901 g/mol. The molecule has 54 heavy (non-hydrogen) atoms. The van der Waals surface area contributed by atoms with Crippen molar-refractivity contribution in [3.05, 3.63) is 139 Å². The van der Waals surface area contributed by atoms with Gasteiger partial charge in [0.25, 0.3) is 0 Å². The first kappa shape index (κ1) is 40.0. The Morgan fingerprint density at radius 2 is 1.33 bits per heavy atom. The minimum atomic E-state index is -4.67. The molecule has 0 aliphatic carbocycles. The van der Waals surface area contributed by atoms with Crippen LogP contribution in [0.3, 0.4) is 0 Å². The summed E-state index contributed by atoms with van der Waals surface area (Å²) in [6, 6.07) is 13.9.